The molecule has 0 spiro atoms. The van der Waals surface area contributed by atoms with Gasteiger partial charge in [0, 0.05) is 24.5 Å². The van der Waals surface area contributed by atoms with Crippen molar-refractivity contribution in [2.75, 3.05) is 6.54 Å². The normalized spacial score (nSPS) is 19.9. The Labute approximate surface area is 110 Å². The molecule has 0 aromatic heterocycles. The molecule has 4 nitrogen and oxygen atoms in total. The molecule has 1 heterocycles. The van der Waals surface area contributed by atoms with Crippen LogP contribution in [0.15, 0.2) is 24.3 Å². The lowest BCUT2D eigenvalue weighted by Crippen LogP contribution is -2.41. The molecular weight excluding hydrogens is 254 g/mol. The highest BCUT2D eigenvalue weighted by Gasteiger charge is 2.29. The third kappa shape index (κ3) is 3.01. The van der Waals surface area contributed by atoms with Gasteiger partial charge in [-0.1, -0.05) is 23.7 Å². The van der Waals surface area contributed by atoms with E-state index in [9.17, 15) is 9.59 Å². The molecule has 0 radical (unpaired) electrons. The summed E-state index contributed by atoms with van der Waals surface area (Å²) in [7, 11) is 0. The van der Waals surface area contributed by atoms with Gasteiger partial charge in [0.15, 0.2) is 0 Å². The number of rotatable bonds is 3. The molecule has 1 saturated heterocycles. The van der Waals surface area contributed by atoms with Crippen molar-refractivity contribution in [3.63, 3.8) is 0 Å². The lowest BCUT2D eigenvalue weighted by atomic mass is 9.97. The number of hydrogen-bond acceptors (Lipinski definition) is 2. The second kappa shape index (κ2) is 5.40. The topological polar surface area (TPSA) is 57.6 Å². The van der Waals surface area contributed by atoms with Crippen LogP contribution in [-0.4, -0.2) is 28.4 Å². The van der Waals surface area contributed by atoms with Crippen LogP contribution in [0.4, 0.5) is 0 Å². The van der Waals surface area contributed by atoms with Crippen LogP contribution in [0.5, 0.6) is 0 Å². The fraction of sp³-hybridized carbons (Fsp3) is 0.385. The van der Waals surface area contributed by atoms with Gasteiger partial charge >= 0.3 is 5.97 Å². The summed E-state index contributed by atoms with van der Waals surface area (Å²) in [5.41, 5.74) is 0.957. The molecule has 96 valence electrons. The van der Waals surface area contributed by atoms with Gasteiger partial charge in [0.25, 0.3) is 0 Å². The zero-order valence-corrected chi connectivity index (χ0v) is 10.6. The largest absolute Gasteiger partial charge is 0.481 e. The predicted molar refractivity (Wildman–Crippen MR) is 67.2 cm³/mol. The molecule has 1 aliphatic rings. The molecule has 0 bridgehead atoms. The van der Waals surface area contributed by atoms with E-state index < -0.39 is 11.9 Å². The average Bonchev–Trinajstić information content (AvgIpc) is 2.34. The third-order valence-electron chi connectivity index (χ3n) is 3.14. The van der Waals surface area contributed by atoms with Crippen LogP contribution in [0.1, 0.15) is 18.4 Å². The summed E-state index contributed by atoms with van der Waals surface area (Å²) >= 11 is 5.79. The first-order valence-corrected chi connectivity index (χ1v) is 6.19. The molecule has 1 aromatic carbocycles. The number of piperidine rings is 1. The van der Waals surface area contributed by atoms with E-state index in [0.717, 1.165) is 5.56 Å². The van der Waals surface area contributed by atoms with E-state index in [4.69, 9.17) is 16.7 Å². The van der Waals surface area contributed by atoms with Gasteiger partial charge in [-0.2, -0.15) is 0 Å². The smallest absolute Gasteiger partial charge is 0.308 e. The van der Waals surface area contributed by atoms with Gasteiger partial charge in [0.1, 0.15) is 0 Å². The van der Waals surface area contributed by atoms with Gasteiger partial charge in [-0.15, -0.1) is 0 Å². The second-order valence-corrected chi connectivity index (χ2v) is 4.91. The van der Waals surface area contributed by atoms with Crippen molar-refractivity contribution in [1.29, 1.82) is 0 Å². The Kier molecular flexibility index (Phi) is 3.87. The highest BCUT2D eigenvalue weighted by Crippen LogP contribution is 2.20. The predicted octanol–water partition coefficient (Wildman–Crippen LogP) is 2.16. The molecule has 1 N–H and O–H groups in total. The maximum Gasteiger partial charge on any atom is 0.308 e. The average molecular weight is 268 g/mol. The Morgan fingerprint density at radius 2 is 2.06 bits per heavy atom. The van der Waals surface area contributed by atoms with E-state index in [2.05, 4.69) is 0 Å². The van der Waals surface area contributed by atoms with Crippen molar-refractivity contribution in [2.45, 2.75) is 19.4 Å². The minimum atomic E-state index is -0.830. The van der Waals surface area contributed by atoms with Gasteiger partial charge in [0.05, 0.1) is 5.92 Å². The molecule has 1 aliphatic heterocycles. The summed E-state index contributed by atoms with van der Waals surface area (Å²) in [6, 6.07) is 7.22. The number of halogens is 1. The first-order chi connectivity index (χ1) is 8.56. The Balaban J connectivity index is 2.04. The van der Waals surface area contributed by atoms with Crippen LogP contribution in [0, 0.1) is 5.92 Å². The van der Waals surface area contributed by atoms with Crippen LogP contribution in [0.2, 0.25) is 5.02 Å². The molecule has 0 aliphatic carbocycles. The van der Waals surface area contributed by atoms with E-state index in [-0.39, 0.29) is 12.5 Å². The summed E-state index contributed by atoms with van der Waals surface area (Å²) in [4.78, 5) is 24.3. The molecule has 2 rings (SSSR count). The third-order valence-corrected chi connectivity index (χ3v) is 3.39. The highest BCUT2D eigenvalue weighted by atomic mass is 35.5. The number of likely N-dealkylation sites (tertiary alicyclic amines) is 1. The number of amides is 1. The van der Waals surface area contributed by atoms with Crippen molar-refractivity contribution in [1.82, 2.24) is 4.90 Å². The standard InChI is InChI=1S/C13H14ClNO3/c14-11-4-1-9(2-5-11)7-15-8-10(13(17)18)3-6-12(15)16/h1-2,4-5,10H,3,6-8H2,(H,17,18). The van der Waals surface area contributed by atoms with Crippen molar-refractivity contribution in [3.8, 4) is 0 Å². The molecule has 5 heteroatoms. The molecule has 1 atom stereocenters. The summed E-state index contributed by atoms with van der Waals surface area (Å²) in [5, 5.41) is 9.63. The number of carboxylic acid groups (broad SMARTS) is 1. The van der Waals surface area contributed by atoms with Crippen LogP contribution in [0.3, 0.4) is 0 Å². The Morgan fingerprint density at radius 3 is 2.67 bits per heavy atom. The number of nitrogens with zero attached hydrogens (tertiary/aromatic N) is 1. The number of carbonyl (C=O) groups excluding carboxylic acids is 1. The fourth-order valence-electron chi connectivity index (χ4n) is 2.08. The number of carboxylic acids is 1. The Morgan fingerprint density at radius 1 is 1.39 bits per heavy atom. The first-order valence-electron chi connectivity index (χ1n) is 5.81. The molecule has 18 heavy (non-hydrogen) atoms. The van der Waals surface area contributed by atoms with E-state index in [1.807, 2.05) is 12.1 Å². The van der Waals surface area contributed by atoms with Crippen molar-refractivity contribution < 1.29 is 14.7 Å². The van der Waals surface area contributed by atoms with E-state index in [0.29, 0.717) is 24.4 Å². The van der Waals surface area contributed by atoms with E-state index in [1.54, 1.807) is 17.0 Å². The van der Waals surface area contributed by atoms with Crippen LogP contribution >= 0.6 is 11.6 Å². The van der Waals surface area contributed by atoms with Gasteiger partial charge in [0.2, 0.25) is 5.91 Å². The Bertz CT molecular complexity index is 458. The SMILES string of the molecule is O=C(O)C1CCC(=O)N(Cc2ccc(Cl)cc2)C1. The minimum absolute atomic E-state index is 0.0162. The maximum absolute atomic E-state index is 11.7. The van der Waals surface area contributed by atoms with Gasteiger partial charge in [-0.05, 0) is 24.1 Å². The maximum atomic E-state index is 11.7. The summed E-state index contributed by atoms with van der Waals surface area (Å²) in [6.07, 6.45) is 0.746. The molecule has 1 unspecified atom stereocenters. The summed E-state index contributed by atoms with van der Waals surface area (Å²) in [6.45, 7) is 0.733. The van der Waals surface area contributed by atoms with Crippen LogP contribution in [0.25, 0.3) is 0 Å². The van der Waals surface area contributed by atoms with E-state index in [1.165, 1.54) is 0 Å². The monoisotopic (exact) mass is 267 g/mol. The molecule has 1 amide bonds. The van der Waals surface area contributed by atoms with Crippen molar-refractivity contribution >= 4 is 23.5 Å². The number of aliphatic carboxylic acids is 1. The lowest BCUT2D eigenvalue weighted by molar-refractivity contribution is -0.147. The van der Waals surface area contributed by atoms with Crippen molar-refractivity contribution in [3.05, 3.63) is 34.9 Å². The molecule has 0 saturated carbocycles. The summed E-state index contributed by atoms with van der Waals surface area (Å²) in [5.74, 6) is -1.26. The fourth-order valence-corrected chi connectivity index (χ4v) is 2.21. The molecule has 1 aromatic rings. The minimum Gasteiger partial charge on any atom is -0.481 e. The number of hydrogen-bond donors (Lipinski definition) is 1. The van der Waals surface area contributed by atoms with Crippen LogP contribution < -0.4 is 0 Å². The molecule has 1 fully saturated rings. The number of benzene rings is 1. The molecular formula is C13H14ClNO3. The lowest BCUT2D eigenvalue weighted by Gasteiger charge is -2.30. The van der Waals surface area contributed by atoms with Crippen molar-refractivity contribution in [2.24, 2.45) is 5.92 Å². The number of carbonyl (C=O) groups is 2. The zero-order chi connectivity index (χ0) is 13.1. The first kappa shape index (κ1) is 12.9. The Hall–Kier alpha value is -1.55. The summed E-state index contributed by atoms with van der Waals surface area (Å²) < 4.78 is 0. The highest BCUT2D eigenvalue weighted by molar-refractivity contribution is 6.30. The van der Waals surface area contributed by atoms with E-state index >= 15 is 0 Å². The zero-order valence-electron chi connectivity index (χ0n) is 9.80. The van der Waals surface area contributed by atoms with Gasteiger partial charge in [-0.3, -0.25) is 9.59 Å². The second-order valence-electron chi connectivity index (χ2n) is 4.47. The van der Waals surface area contributed by atoms with Crippen LogP contribution in [-0.2, 0) is 16.1 Å². The quantitative estimate of drug-likeness (QED) is 0.913. The van der Waals surface area contributed by atoms with Gasteiger partial charge in [-0.25, -0.2) is 0 Å². The van der Waals surface area contributed by atoms with Gasteiger partial charge < -0.3 is 10.0 Å².